The van der Waals surface area contributed by atoms with E-state index in [0.717, 1.165) is 4.90 Å². The molecule has 0 saturated heterocycles. The number of hydrogen-bond acceptors (Lipinski definition) is 6. The molecule has 0 atom stereocenters. The second-order valence-electron chi connectivity index (χ2n) is 5.65. The Morgan fingerprint density at radius 3 is 2.46 bits per heavy atom. The summed E-state index contributed by atoms with van der Waals surface area (Å²) < 4.78 is 4.69. The minimum absolute atomic E-state index is 0.00797. The molecule has 0 bridgehead atoms. The highest BCUT2D eigenvalue weighted by atomic mass is 35.5. The van der Waals surface area contributed by atoms with E-state index in [4.69, 9.17) is 16.7 Å². The largest absolute Gasteiger partial charge is 0.478 e. The van der Waals surface area contributed by atoms with Gasteiger partial charge in [0.2, 0.25) is 0 Å². The molecule has 0 unspecified atom stereocenters. The molecule has 0 spiro atoms. The molecule has 1 aliphatic heterocycles. The van der Waals surface area contributed by atoms with E-state index in [1.54, 1.807) is 12.1 Å². The van der Waals surface area contributed by atoms with Gasteiger partial charge >= 0.3 is 11.9 Å². The number of esters is 1. The Hall–Kier alpha value is -3.65. The molecular weight excluding hydrogens is 388 g/mol. The molecule has 0 aromatic heterocycles. The zero-order valence-corrected chi connectivity index (χ0v) is 15.2. The van der Waals surface area contributed by atoms with Crippen LogP contribution in [0.4, 0.5) is 11.4 Å². The van der Waals surface area contributed by atoms with Crippen LogP contribution in [0.1, 0.15) is 20.7 Å². The predicted octanol–water partition coefficient (Wildman–Crippen LogP) is 2.61. The third-order valence-electron chi connectivity index (χ3n) is 3.96. The number of carboxylic acids is 1. The second-order valence-corrected chi connectivity index (χ2v) is 6.03. The zero-order chi connectivity index (χ0) is 20.4. The summed E-state index contributed by atoms with van der Waals surface area (Å²) in [6.07, 6.45) is 0. The van der Waals surface area contributed by atoms with Gasteiger partial charge in [-0.1, -0.05) is 29.8 Å². The Labute approximate surface area is 164 Å². The van der Waals surface area contributed by atoms with Crippen molar-refractivity contribution in [2.75, 3.05) is 17.3 Å². The molecule has 9 heteroatoms. The van der Waals surface area contributed by atoms with E-state index in [1.165, 1.54) is 43.5 Å². The fourth-order valence-electron chi connectivity index (χ4n) is 2.66. The Kier molecular flexibility index (Phi) is 5.14. The minimum Gasteiger partial charge on any atom is -0.478 e. The van der Waals surface area contributed by atoms with Crippen molar-refractivity contribution in [2.24, 2.45) is 0 Å². The molecule has 2 aromatic rings. The number of carbonyl (C=O) groups excluding carboxylic acids is 3. The Morgan fingerprint density at radius 1 is 1.07 bits per heavy atom. The lowest BCUT2D eigenvalue weighted by molar-refractivity contribution is -0.120. The second kappa shape index (κ2) is 7.53. The van der Waals surface area contributed by atoms with Crippen LogP contribution in [0.15, 0.2) is 59.3 Å². The SMILES string of the molecule is COC(=O)c1ccccc1N1C(=O)C(Cl)=C(Nc2cccc(C(=O)O)c2)C1=O. The van der Waals surface area contributed by atoms with Crippen molar-refractivity contribution < 1.29 is 29.0 Å². The molecule has 0 fully saturated rings. The van der Waals surface area contributed by atoms with Gasteiger partial charge in [-0.2, -0.15) is 0 Å². The number of benzene rings is 2. The standard InChI is InChI=1S/C19H13ClN2O6/c1-28-19(27)12-7-2-3-8-13(12)22-16(23)14(20)15(17(22)24)21-11-6-4-5-10(9-11)18(25)26/h2-9,21H,1H3,(H,25,26). The number of nitrogens with one attached hydrogen (secondary N) is 1. The lowest BCUT2D eigenvalue weighted by atomic mass is 10.1. The molecule has 2 aromatic carbocycles. The number of para-hydroxylation sites is 1. The number of carbonyl (C=O) groups is 4. The van der Waals surface area contributed by atoms with Crippen LogP contribution in [0.3, 0.4) is 0 Å². The average molecular weight is 401 g/mol. The fourth-order valence-corrected chi connectivity index (χ4v) is 2.87. The minimum atomic E-state index is -1.15. The Bertz CT molecular complexity index is 1050. The molecule has 1 heterocycles. The van der Waals surface area contributed by atoms with Gasteiger partial charge in [0.1, 0.15) is 10.7 Å². The van der Waals surface area contributed by atoms with Crippen LogP contribution in [-0.4, -0.2) is 36.0 Å². The molecule has 0 saturated carbocycles. The lowest BCUT2D eigenvalue weighted by Crippen LogP contribution is -2.33. The first-order valence-corrected chi connectivity index (χ1v) is 8.29. The maximum absolute atomic E-state index is 12.8. The molecule has 2 N–H and O–H groups in total. The highest BCUT2D eigenvalue weighted by Gasteiger charge is 2.40. The Morgan fingerprint density at radius 2 is 1.79 bits per heavy atom. The number of hydrogen-bond donors (Lipinski definition) is 2. The highest BCUT2D eigenvalue weighted by molar-refractivity contribution is 6.53. The van der Waals surface area contributed by atoms with Gasteiger partial charge < -0.3 is 15.2 Å². The number of aromatic carboxylic acids is 1. The smallest absolute Gasteiger partial charge is 0.339 e. The third-order valence-corrected chi connectivity index (χ3v) is 4.31. The summed E-state index contributed by atoms with van der Waals surface area (Å²) in [6.45, 7) is 0. The van der Waals surface area contributed by atoms with Gasteiger partial charge in [-0.15, -0.1) is 0 Å². The van der Waals surface area contributed by atoms with Crippen molar-refractivity contribution in [3.63, 3.8) is 0 Å². The van der Waals surface area contributed by atoms with Crippen molar-refractivity contribution in [1.82, 2.24) is 0 Å². The number of methoxy groups -OCH3 is 1. The molecule has 8 nitrogen and oxygen atoms in total. The van der Waals surface area contributed by atoms with Crippen LogP contribution < -0.4 is 10.2 Å². The predicted molar refractivity (Wildman–Crippen MR) is 100 cm³/mol. The van der Waals surface area contributed by atoms with E-state index in [9.17, 15) is 19.2 Å². The number of rotatable bonds is 5. The number of amides is 2. The van der Waals surface area contributed by atoms with Gasteiger partial charge in [0.15, 0.2) is 0 Å². The van der Waals surface area contributed by atoms with Crippen LogP contribution in [0.25, 0.3) is 0 Å². The summed E-state index contributed by atoms with van der Waals surface area (Å²) >= 11 is 6.06. The van der Waals surface area contributed by atoms with Crippen LogP contribution >= 0.6 is 11.6 Å². The molecule has 0 aliphatic carbocycles. The first-order chi connectivity index (χ1) is 13.3. The normalized spacial score (nSPS) is 13.7. The lowest BCUT2D eigenvalue weighted by Gasteiger charge is -2.17. The van der Waals surface area contributed by atoms with Gasteiger partial charge in [-0.05, 0) is 30.3 Å². The topological polar surface area (TPSA) is 113 Å². The van der Waals surface area contributed by atoms with Crippen LogP contribution in [0.5, 0.6) is 0 Å². The quantitative estimate of drug-likeness (QED) is 0.585. The van der Waals surface area contributed by atoms with E-state index >= 15 is 0 Å². The molecule has 1 aliphatic rings. The maximum atomic E-state index is 12.8. The van der Waals surface area contributed by atoms with Crippen molar-refractivity contribution in [1.29, 1.82) is 0 Å². The maximum Gasteiger partial charge on any atom is 0.339 e. The first kappa shape index (κ1) is 19.1. The van der Waals surface area contributed by atoms with Crippen molar-refractivity contribution in [3.8, 4) is 0 Å². The number of imide groups is 1. The third kappa shape index (κ3) is 3.33. The van der Waals surface area contributed by atoms with E-state index in [2.05, 4.69) is 10.1 Å². The van der Waals surface area contributed by atoms with E-state index in [1.807, 2.05) is 0 Å². The van der Waals surface area contributed by atoms with Crippen molar-refractivity contribution >= 4 is 46.7 Å². The summed E-state index contributed by atoms with van der Waals surface area (Å²) in [5.74, 6) is -3.47. The Balaban J connectivity index is 1.97. The molecule has 2 amide bonds. The van der Waals surface area contributed by atoms with Crippen LogP contribution in [0, 0.1) is 0 Å². The van der Waals surface area contributed by atoms with Gasteiger partial charge in [0, 0.05) is 5.69 Å². The summed E-state index contributed by atoms with van der Waals surface area (Å²) in [6, 6.07) is 11.6. The van der Waals surface area contributed by atoms with Crippen LogP contribution in [0.2, 0.25) is 0 Å². The number of ether oxygens (including phenoxy) is 1. The summed E-state index contributed by atoms with van der Waals surface area (Å²) in [5, 5.41) is 11.4. The monoisotopic (exact) mass is 400 g/mol. The summed E-state index contributed by atoms with van der Waals surface area (Å²) in [5.41, 5.74) is 0.0708. The molecule has 0 radical (unpaired) electrons. The van der Waals surface area contributed by atoms with E-state index < -0.39 is 23.8 Å². The summed E-state index contributed by atoms with van der Waals surface area (Å²) in [4.78, 5) is 49.3. The number of nitrogens with zero attached hydrogens (tertiary/aromatic N) is 1. The van der Waals surface area contributed by atoms with Crippen LogP contribution in [-0.2, 0) is 14.3 Å². The number of anilines is 2. The first-order valence-electron chi connectivity index (χ1n) is 7.91. The fraction of sp³-hybridized carbons (Fsp3) is 0.0526. The van der Waals surface area contributed by atoms with Crippen molar-refractivity contribution in [3.05, 3.63) is 70.4 Å². The highest BCUT2D eigenvalue weighted by Crippen LogP contribution is 2.32. The van der Waals surface area contributed by atoms with Gasteiger partial charge in [-0.3, -0.25) is 9.59 Å². The average Bonchev–Trinajstić information content (AvgIpc) is 2.91. The van der Waals surface area contributed by atoms with Gasteiger partial charge in [0.25, 0.3) is 11.8 Å². The molecule has 3 rings (SSSR count). The van der Waals surface area contributed by atoms with E-state index in [0.29, 0.717) is 0 Å². The van der Waals surface area contributed by atoms with Gasteiger partial charge in [0.05, 0.1) is 23.9 Å². The zero-order valence-electron chi connectivity index (χ0n) is 14.4. The van der Waals surface area contributed by atoms with Crippen molar-refractivity contribution in [2.45, 2.75) is 0 Å². The van der Waals surface area contributed by atoms with Gasteiger partial charge in [-0.25, -0.2) is 14.5 Å². The molecular formula is C19H13ClN2O6. The number of carboxylic acid groups (broad SMARTS) is 1. The molecule has 142 valence electrons. The number of halogens is 1. The molecule has 28 heavy (non-hydrogen) atoms. The van der Waals surface area contributed by atoms with E-state index in [-0.39, 0.29) is 33.2 Å². The summed E-state index contributed by atoms with van der Waals surface area (Å²) in [7, 11) is 1.18.